The number of aryl methyl sites for hydroxylation is 1. The van der Waals surface area contributed by atoms with E-state index >= 15 is 0 Å². The number of hydrogen-bond donors (Lipinski definition) is 2. The third-order valence-electron chi connectivity index (χ3n) is 6.80. The minimum absolute atomic E-state index is 0.0551. The average molecular weight is 497 g/mol. The quantitative estimate of drug-likeness (QED) is 0.583. The van der Waals surface area contributed by atoms with Crippen LogP contribution in [-0.4, -0.2) is 62.8 Å². The van der Waals surface area contributed by atoms with E-state index in [9.17, 15) is 4.79 Å². The fourth-order valence-corrected chi connectivity index (χ4v) is 5.18. The number of hydrogen-bond acceptors (Lipinski definition) is 8. The first-order valence-corrected chi connectivity index (χ1v) is 12.1. The van der Waals surface area contributed by atoms with Gasteiger partial charge >= 0.3 is 0 Å². The molecule has 1 aliphatic carbocycles. The van der Waals surface area contributed by atoms with Crippen LogP contribution >= 0.6 is 11.6 Å². The van der Waals surface area contributed by atoms with E-state index in [1.807, 2.05) is 28.8 Å². The Kier molecular flexibility index (Phi) is 6.48. The lowest BCUT2D eigenvalue weighted by molar-refractivity contribution is -0.128. The standard InChI is InChI=1S/C24H29ClN8O2/c1-3-20(34)32-9-4-5-16(12-32)33-24-21(23(26)28-14-29-24)22(30-33)15-6-7-18(17(25)11-15)35-13-19-27-8-10-31(19)2/h3,8,10-11,14,16,24,30H,1,4-7,9,12-13H2,2H3,(H2,26,28,29)/t16-,24?/m1/s1. The predicted octanol–water partition coefficient (Wildman–Crippen LogP) is 2.08. The number of likely N-dealkylation sites (tertiary alicyclic amines) is 1. The molecule has 1 unspecified atom stereocenters. The first-order chi connectivity index (χ1) is 17.0. The molecular formula is C24H29ClN8O2. The van der Waals surface area contributed by atoms with E-state index in [-0.39, 0.29) is 18.1 Å². The van der Waals surface area contributed by atoms with Gasteiger partial charge in [-0.3, -0.25) is 4.79 Å². The number of aromatic nitrogens is 2. The molecule has 4 aliphatic rings. The van der Waals surface area contributed by atoms with Crippen LogP contribution in [0.4, 0.5) is 0 Å². The van der Waals surface area contributed by atoms with Gasteiger partial charge in [-0.1, -0.05) is 18.2 Å². The lowest BCUT2D eigenvalue weighted by Crippen LogP contribution is -2.55. The summed E-state index contributed by atoms with van der Waals surface area (Å²) in [6.45, 7) is 5.30. The minimum atomic E-state index is -0.309. The zero-order valence-electron chi connectivity index (χ0n) is 19.7. The molecule has 0 saturated carbocycles. The number of amides is 1. The Hall–Kier alpha value is -3.37. The third kappa shape index (κ3) is 4.51. The fourth-order valence-electron chi connectivity index (χ4n) is 4.90. The summed E-state index contributed by atoms with van der Waals surface area (Å²) in [7, 11) is 1.93. The van der Waals surface area contributed by atoms with Gasteiger partial charge in [0.25, 0.3) is 0 Å². The van der Waals surface area contributed by atoms with E-state index in [2.05, 4.69) is 32.0 Å². The Morgan fingerprint density at radius 2 is 2.29 bits per heavy atom. The number of amidine groups is 1. The van der Waals surface area contributed by atoms with Crippen molar-refractivity contribution in [3.05, 3.63) is 64.6 Å². The van der Waals surface area contributed by atoms with Crippen molar-refractivity contribution in [1.29, 1.82) is 0 Å². The largest absolute Gasteiger partial charge is 0.488 e. The van der Waals surface area contributed by atoms with Crippen molar-refractivity contribution in [2.24, 2.45) is 22.8 Å². The van der Waals surface area contributed by atoms with E-state index in [4.69, 9.17) is 22.1 Å². The normalized spacial score (nSPS) is 24.7. The van der Waals surface area contributed by atoms with Crippen LogP contribution in [0, 0.1) is 0 Å². The number of carbonyl (C=O) groups excluding carboxylic acids is 1. The van der Waals surface area contributed by atoms with Crippen molar-refractivity contribution < 1.29 is 9.53 Å². The molecule has 4 heterocycles. The van der Waals surface area contributed by atoms with Gasteiger partial charge in [0.05, 0.1) is 16.3 Å². The van der Waals surface area contributed by atoms with Gasteiger partial charge in [0, 0.05) is 45.0 Å². The second kappa shape index (κ2) is 9.71. The molecule has 2 atom stereocenters. The molecule has 0 bridgehead atoms. The maximum atomic E-state index is 12.2. The summed E-state index contributed by atoms with van der Waals surface area (Å²) in [6.07, 6.45) is 11.3. The highest BCUT2D eigenvalue weighted by molar-refractivity contribution is 6.31. The predicted molar refractivity (Wildman–Crippen MR) is 134 cm³/mol. The molecule has 0 radical (unpaired) electrons. The third-order valence-corrected chi connectivity index (χ3v) is 7.11. The number of piperidine rings is 1. The topological polar surface area (TPSA) is 113 Å². The summed E-state index contributed by atoms with van der Waals surface area (Å²) >= 11 is 6.64. The Bertz CT molecular complexity index is 1190. The number of fused-ring (bicyclic) bond motifs is 1. The number of ether oxygens (including phenoxy) is 1. The SMILES string of the molecule is C=CC(=O)N1CCC[C@@H](N2NC(C3=CC(Cl)=C(OCc4nccn4C)CC3)=C3C(N)=NC=NC32)C1. The maximum Gasteiger partial charge on any atom is 0.246 e. The van der Waals surface area contributed by atoms with Gasteiger partial charge < -0.3 is 25.4 Å². The van der Waals surface area contributed by atoms with E-state index in [0.29, 0.717) is 30.4 Å². The first kappa shape index (κ1) is 23.4. The molecule has 1 amide bonds. The van der Waals surface area contributed by atoms with Crippen LogP contribution in [0.5, 0.6) is 0 Å². The number of halogens is 1. The molecule has 184 valence electrons. The fraction of sp³-hybridized carbons (Fsp3) is 0.417. The highest BCUT2D eigenvalue weighted by Gasteiger charge is 2.42. The van der Waals surface area contributed by atoms with Crippen LogP contribution < -0.4 is 11.2 Å². The van der Waals surface area contributed by atoms with Crippen molar-refractivity contribution in [2.45, 2.75) is 44.5 Å². The second-order valence-corrected chi connectivity index (χ2v) is 9.34. The Morgan fingerprint density at radius 1 is 1.43 bits per heavy atom. The van der Waals surface area contributed by atoms with Crippen LogP contribution in [0.25, 0.3) is 0 Å². The number of allylic oxidation sites excluding steroid dienone is 4. The molecular weight excluding hydrogens is 468 g/mol. The zero-order valence-corrected chi connectivity index (χ0v) is 20.4. The maximum absolute atomic E-state index is 12.2. The number of imidazole rings is 1. The molecule has 11 heteroatoms. The number of carbonyl (C=O) groups is 1. The molecule has 35 heavy (non-hydrogen) atoms. The summed E-state index contributed by atoms with van der Waals surface area (Å²) in [4.78, 5) is 27.2. The summed E-state index contributed by atoms with van der Waals surface area (Å²) in [6, 6.07) is 0.0695. The number of nitrogens with two attached hydrogens (primary N) is 1. The zero-order chi connectivity index (χ0) is 24.5. The number of nitrogens with one attached hydrogen (secondary N) is 1. The average Bonchev–Trinajstić information content (AvgIpc) is 3.47. The number of nitrogens with zero attached hydrogens (tertiary/aromatic N) is 6. The second-order valence-electron chi connectivity index (χ2n) is 8.93. The number of hydrazine groups is 1. The molecule has 0 spiro atoms. The van der Waals surface area contributed by atoms with Gasteiger partial charge in [-0.05, 0) is 37.0 Å². The van der Waals surface area contributed by atoms with Gasteiger partial charge in [0.1, 0.15) is 30.4 Å². The Labute approximate surface area is 209 Å². The van der Waals surface area contributed by atoms with Gasteiger partial charge in [0.2, 0.25) is 5.91 Å². The molecule has 0 aromatic carbocycles. The van der Waals surface area contributed by atoms with Crippen LogP contribution in [0.3, 0.4) is 0 Å². The molecule has 1 aromatic rings. The van der Waals surface area contributed by atoms with Crippen molar-refractivity contribution in [2.75, 3.05) is 13.1 Å². The van der Waals surface area contributed by atoms with E-state index < -0.39 is 0 Å². The van der Waals surface area contributed by atoms with Crippen LogP contribution in [0.2, 0.25) is 0 Å². The monoisotopic (exact) mass is 496 g/mol. The highest BCUT2D eigenvalue weighted by Crippen LogP contribution is 2.37. The molecule has 3 aliphatic heterocycles. The minimum Gasteiger partial charge on any atom is -0.488 e. The van der Waals surface area contributed by atoms with Crippen LogP contribution in [0.1, 0.15) is 31.5 Å². The van der Waals surface area contributed by atoms with Gasteiger partial charge in [-0.25, -0.2) is 15.0 Å². The van der Waals surface area contributed by atoms with Crippen molar-refractivity contribution in [3.63, 3.8) is 0 Å². The van der Waals surface area contributed by atoms with E-state index in [1.165, 1.54) is 12.4 Å². The smallest absolute Gasteiger partial charge is 0.246 e. The van der Waals surface area contributed by atoms with Crippen molar-refractivity contribution >= 4 is 29.7 Å². The van der Waals surface area contributed by atoms with Crippen molar-refractivity contribution in [3.8, 4) is 0 Å². The summed E-state index contributed by atoms with van der Waals surface area (Å²) in [5.41, 5.74) is 12.6. The molecule has 5 rings (SSSR count). The molecule has 1 aromatic heterocycles. The Morgan fingerprint density at radius 3 is 3.03 bits per heavy atom. The lowest BCUT2D eigenvalue weighted by Gasteiger charge is -2.39. The van der Waals surface area contributed by atoms with Crippen LogP contribution in [0.15, 0.2) is 68.7 Å². The van der Waals surface area contributed by atoms with Crippen molar-refractivity contribution in [1.82, 2.24) is 24.9 Å². The summed E-state index contributed by atoms with van der Waals surface area (Å²) < 4.78 is 7.90. The summed E-state index contributed by atoms with van der Waals surface area (Å²) in [5.74, 6) is 1.95. The first-order valence-electron chi connectivity index (χ1n) is 11.7. The highest BCUT2D eigenvalue weighted by atomic mass is 35.5. The van der Waals surface area contributed by atoms with Gasteiger partial charge in [-0.15, -0.1) is 0 Å². The molecule has 10 nitrogen and oxygen atoms in total. The lowest BCUT2D eigenvalue weighted by atomic mass is 9.96. The Balaban J connectivity index is 1.37. The number of rotatable bonds is 6. The molecule has 1 fully saturated rings. The molecule has 1 saturated heterocycles. The van der Waals surface area contributed by atoms with Gasteiger partial charge in [-0.2, -0.15) is 5.01 Å². The van der Waals surface area contributed by atoms with E-state index in [0.717, 1.165) is 54.2 Å². The van der Waals surface area contributed by atoms with Crippen LogP contribution in [-0.2, 0) is 23.2 Å². The summed E-state index contributed by atoms with van der Waals surface area (Å²) in [5, 5.41) is 2.65. The van der Waals surface area contributed by atoms with E-state index in [1.54, 1.807) is 6.20 Å². The molecule has 3 N–H and O–H groups in total. The number of aliphatic imine (C=N–C) groups is 2. The van der Waals surface area contributed by atoms with Gasteiger partial charge in [0.15, 0.2) is 6.17 Å².